The van der Waals surface area contributed by atoms with E-state index in [4.69, 9.17) is 10.5 Å². The van der Waals surface area contributed by atoms with Gasteiger partial charge in [-0.25, -0.2) is 4.79 Å². The Balaban J connectivity index is 1.55. The van der Waals surface area contributed by atoms with E-state index in [1.54, 1.807) is 0 Å². The zero-order valence-corrected chi connectivity index (χ0v) is 19.1. The van der Waals surface area contributed by atoms with Crippen molar-refractivity contribution in [1.82, 2.24) is 10.2 Å². The highest BCUT2D eigenvalue weighted by atomic mass is 16.6. The quantitative estimate of drug-likeness (QED) is 0.493. The van der Waals surface area contributed by atoms with Crippen LogP contribution in [0.4, 0.5) is 4.79 Å². The summed E-state index contributed by atoms with van der Waals surface area (Å²) in [5.41, 5.74) is 6.14. The fourth-order valence-electron chi connectivity index (χ4n) is 5.19. The van der Waals surface area contributed by atoms with Gasteiger partial charge < -0.3 is 25.4 Å². The van der Waals surface area contributed by atoms with E-state index in [1.165, 1.54) is 6.42 Å². The fraction of sp³-hybridized carbons (Fsp3) is 0.600. The lowest BCUT2D eigenvalue weighted by Crippen LogP contribution is -2.46. The second kappa shape index (κ2) is 12.5. The molecular formula is C25H35N3O5. The molecule has 0 bridgehead atoms. The summed E-state index contributed by atoms with van der Waals surface area (Å²) < 4.78 is 5.11. The number of carbonyl (C=O) groups is 4. The van der Waals surface area contributed by atoms with E-state index in [0.717, 1.165) is 56.8 Å². The third kappa shape index (κ3) is 7.39. The summed E-state index contributed by atoms with van der Waals surface area (Å²) in [6, 6.07) is 8.62. The molecule has 0 spiro atoms. The van der Waals surface area contributed by atoms with Gasteiger partial charge in [-0.15, -0.1) is 0 Å². The maximum atomic E-state index is 12.8. The van der Waals surface area contributed by atoms with Gasteiger partial charge in [-0.1, -0.05) is 62.4 Å². The lowest BCUT2D eigenvalue weighted by Gasteiger charge is -2.27. The third-order valence-electron chi connectivity index (χ3n) is 6.88. The minimum atomic E-state index is -0.985. The second-order valence-electron chi connectivity index (χ2n) is 9.29. The van der Waals surface area contributed by atoms with Crippen molar-refractivity contribution in [3.63, 3.8) is 0 Å². The maximum Gasteiger partial charge on any atom is 0.405 e. The summed E-state index contributed by atoms with van der Waals surface area (Å²) in [7, 11) is 0. The summed E-state index contributed by atoms with van der Waals surface area (Å²) in [4.78, 5) is 49.8. The average Bonchev–Trinajstić information content (AvgIpc) is 3.27. The standard InChI is InChI=1S/C25H35N3O5/c26-25(32)33-23(14-18-7-3-1-4-8-18)24(31)27-21(16-29)13-19-11-12-28(15-19)22(17-30)20-9-5-2-6-10-20/h2,5-6,9-10,16-19,21-23H,1,3-4,7-8,11-15H2,(H2,26,32)(H,27,31)/t19?,21?,22?,23-/m0/s1. The molecule has 3 unspecified atom stereocenters. The third-order valence-corrected chi connectivity index (χ3v) is 6.88. The van der Waals surface area contributed by atoms with Crippen LogP contribution in [0.5, 0.6) is 0 Å². The highest BCUT2D eigenvalue weighted by molar-refractivity contribution is 5.85. The zero-order valence-electron chi connectivity index (χ0n) is 19.1. The number of hydrogen-bond acceptors (Lipinski definition) is 6. The lowest BCUT2D eigenvalue weighted by molar-refractivity contribution is -0.132. The van der Waals surface area contributed by atoms with Crippen LogP contribution in [0.25, 0.3) is 0 Å². The number of amides is 2. The van der Waals surface area contributed by atoms with Gasteiger partial charge in [0.05, 0.1) is 12.1 Å². The average molecular weight is 458 g/mol. The van der Waals surface area contributed by atoms with E-state index in [9.17, 15) is 19.2 Å². The Hall–Kier alpha value is -2.74. The molecule has 180 valence electrons. The first kappa shape index (κ1) is 24.9. The molecule has 1 aliphatic carbocycles. The van der Waals surface area contributed by atoms with Crippen molar-refractivity contribution in [3.8, 4) is 0 Å². The van der Waals surface area contributed by atoms with E-state index in [0.29, 0.717) is 25.3 Å². The van der Waals surface area contributed by atoms with E-state index in [-0.39, 0.29) is 12.0 Å². The Morgan fingerprint density at radius 2 is 1.76 bits per heavy atom. The molecule has 2 aliphatic rings. The number of hydrogen-bond donors (Lipinski definition) is 2. The fourth-order valence-corrected chi connectivity index (χ4v) is 5.19. The monoisotopic (exact) mass is 457 g/mol. The number of likely N-dealkylation sites (tertiary alicyclic amines) is 1. The van der Waals surface area contributed by atoms with Crippen molar-refractivity contribution in [1.29, 1.82) is 0 Å². The Labute approximate surface area is 195 Å². The SMILES string of the molecule is NC(=O)O[C@@H](CC1CCCCC1)C(=O)NC(C=O)CC1CCN(C(C=O)c2ccccc2)C1. The van der Waals surface area contributed by atoms with E-state index in [2.05, 4.69) is 10.2 Å². The molecule has 1 aromatic carbocycles. The van der Waals surface area contributed by atoms with Gasteiger partial charge in [-0.2, -0.15) is 0 Å². The predicted molar refractivity (Wildman–Crippen MR) is 123 cm³/mol. The number of carbonyl (C=O) groups excluding carboxylic acids is 4. The minimum Gasteiger partial charge on any atom is -0.436 e. The second-order valence-corrected chi connectivity index (χ2v) is 9.29. The molecule has 1 saturated heterocycles. The van der Waals surface area contributed by atoms with Gasteiger partial charge in [0.1, 0.15) is 12.6 Å². The highest BCUT2D eigenvalue weighted by Gasteiger charge is 2.33. The summed E-state index contributed by atoms with van der Waals surface area (Å²) in [6.07, 6.45) is 6.85. The van der Waals surface area contributed by atoms with Crippen LogP contribution in [-0.4, -0.2) is 54.7 Å². The van der Waals surface area contributed by atoms with E-state index in [1.807, 2.05) is 30.3 Å². The van der Waals surface area contributed by atoms with E-state index >= 15 is 0 Å². The highest BCUT2D eigenvalue weighted by Crippen LogP contribution is 2.30. The molecule has 1 aromatic rings. The first-order valence-electron chi connectivity index (χ1n) is 12.0. The summed E-state index contributed by atoms with van der Waals surface area (Å²) in [6.45, 7) is 1.42. The molecular weight excluding hydrogens is 422 g/mol. The van der Waals surface area contributed by atoms with Gasteiger partial charge >= 0.3 is 6.09 Å². The van der Waals surface area contributed by atoms with Gasteiger partial charge in [-0.05, 0) is 43.2 Å². The number of benzene rings is 1. The molecule has 8 heteroatoms. The van der Waals surface area contributed by atoms with Crippen LogP contribution in [0.2, 0.25) is 0 Å². The van der Waals surface area contributed by atoms with Crippen molar-refractivity contribution in [2.45, 2.75) is 69.6 Å². The smallest absolute Gasteiger partial charge is 0.405 e. The number of nitrogens with zero attached hydrogens (tertiary/aromatic N) is 1. The van der Waals surface area contributed by atoms with Gasteiger partial charge in [0.25, 0.3) is 5.91 Å². The number of primary amides is 1. The first-order chi connectivity index (χ1) is 16.0. The molecule has 8 nitrogen and oxygen atoms in total. The van der Waals surface area contributed by atoms with Crippen molar-refractivity contribution in [2.24, 2.45) is 17.6 Å². The van der Waals surface area contributed by atoms with Crippen LogP contribution in [-0.2, 0) is 19.1 Å². The molecule has 2 fully saturated rings. The topological polar surface area (TPSA) is 119 Å². The van der Waals surface area contributed by atoms with Crippen LogP contribution in [0.15, 0.2) is 30.3 Å². The Morgan fingerprint density at radius 3 is 2.39 bits per heavy atom. The van der Waals surface area contributed by atoms with Gasteiger partial charge in [-0.3, -0.25) is 9.69 Å². The van der Waals surface area contributed by atoms with Crippen LogP contribution in [0.1, 0.15) is 63.0 Å². The van der Waals surface area contributed by atoms with Crippen molar-refractivity contribution in [2.75, 3.05) is 13.1 Å². The molecule has 2 amide bonds. The molecule has 4 atom stereocenters. The summed E-state index contributed by atoms with van der Waals surface area (Å²) in [5.74, 6) is 0.00655. The Bertz CT molecular complexity index is 796. The van der Waals surface area contributed by atoms with Crippen molar-refractivity contribution >= 4 is 24.6 Å². The molecule has 0 aromatic heterocycles. The number of rotatable bonds is 11. The number of ether oxygens (including phenoxy) is 1. The Kier molecular flexibility index (Phi) is 9.42. The summed E-state index contributed by atoms with van der Waals surface area (Å²) in [5, 5.41) is 2.75. The maximum absolute atomic E-state index is 12.8. The zero-order chi connectivity index (χ0) is 23.6. The van der Waals surface area contributed by atoms with Gasteiger partial charge in [0.2, 0.25) is 0 Å². The molecule has 1 saturated carbocycles. The molecule has 1 aliphatic heterocycles. The molecule has 3 rings (SSSR count). The number of aldehydes is 2. The van der Waals surface area contributed by atoms with Crippen LogP contribution in [0.3, 0.4) is 0 Å². The summed E-state index contributed by atoms with van der Waals surface area (Å²) >= 11 is 0. The van der Waals surface area contributed by atoms with E-state index < -0.39 is 24.1 Å². The van der Waals surface area contributed by atoms with Crippen molar-refractivity contribution < 1.29 is 23.9 Å². The molecule has 3 N–H and O–H groups in total. The van der Waals surface area contributed by atoms with Crippen LogP contribution in [0, 0.1) is 11.8 Å². The normalized spacial score (nSPS) is 22.1. The number of nitrogens with one attached hydrogen (secondary N) is 1. The largest absolute Gasteiger partial charge is 0.436 e. The van der Waals surface area contributed by atoms with Gasteiger partial charge in [0, 0.05) is 6.54 Å². The molecule has 1 heterocycles. The van der Waals surface area contributed by atoms with Crippen LogP contribution < -0.4 is 11.1 Å². The first-order valence-corrected chi connectivity index (χ1v) is 12.0. The Morgan fingerprint density at radius 1 is 1.03 bits per heavy atom. The van der Waals surface area contributed by atoms with Gasteiger partial charge in [0.15, 0.2) is 6.10 Å². The predicted octanol–water partition coefficient (Wildman–Crippen LogP) is 2.76. The molecule has 33 heavy (non-hydrogen) atoms. The van der Waals surface area contributed by atoms with Crippen molar-refractivity contribution in [3.05, 3.63) is 35.9 Å². The van der Waals surface area contributed by atoms with Crippen LogP contribution >= 0.6 is 0 Å². The minimum absolute atomic E-state index is 0.167. The number of nitrogens with two attached hydrogens (primary N) is 1. The molecule has 0 radical (unpaired) electrons. The lowest BCUT2D eigenvalue weighted by atomic mass is 9.85.